The molecule has 0 bridgehead atoms. The van der Waals surface area contributed by atoms with Gasteiger partial charge in [-0.2, -0.15) is 0 Å². The molecule has 110 valence electrons. The molecule has 0 amide bonds. The summed E-state index contributed by atoms with van der Waals surface area (Å²) < 4.78 is 22.8. The van der Waals surface area contributed by atoms with E-state index >= 15 is 0 Å². The van der Waals surface area contributed by atoms with Gasteiger partial charge in [0.15, 0.2) is 0 Å². The van der Waals surface area contributed by atoms with Crippen LogP contribution in [0.5, 0.6) is 0 Å². The van der Waals surface area contributed by atoms with Gasteiger partial charge in [0.2, 0.25) is 0 Å². The Kier molecular flexibility index (Phi) is 4.81. The average Bonchev–Trinajstić information content (AvgIpc) is 2.37. The third-order valence-corrected chi connectivity index (χ3v) is 5.87. The fourth-order valence-corrected chi connectivity index (χ4v) is 4.44. The summed E-state index contributed by atoms with van der Waals surface area (Å²) in [5, 5.41) is 12.6. The maximum Gasteiger partial charge on any atom is 0.308 e. The minimum absolute atomic E-state index is 0.00379. The van der Waals surface area contributed by atoms with Crippen LogP contribution in [-0.4, -0.2) is 68.6 Å². The van der Waals surface area contributed by atoms with Gasteiger partial charge in [-0.05, 0) is 18.8 Å². The fourth-order valence-electron chi connectivity index (χ4n) is 2.91. The molecular weight excluding hydrogens is 268 g/mol. The molecule has 2 aliphatic heterocycles. The van der Waals surface area contributed by atoms with Gasteiger partial charge in [0.1, 0.15) is 9.84 Å². The smallest absolute Gasteiger partial charge is 0.308 e. The second kappa shape index (κ2) is 6.19. The van der Waals surface area contributed by atoms with E-state index in [0.717, 1.165) is 26.2 Å². The van der Waals surface area contributed by atoms with E-state index in [1.54, 1.807) is 0 Å². The van der Waals surface area contributed by atoms with Crippen molar-refractivity contribution in [3.05, 3.63) is 0 Å². The number of nitrogens with zero attached hydrogens (tertiary/aromatic N) is 1. The molecule has 2 fully saturated rings. The molecule has 2 rings (SSSR count). The lowest BCUT2D eigenvalue weighted by Gasteiger charge is -2.34. The predicted molar refractivity (Wildman–Crippen MR) is 71.8 cm³/mol. The third kappa shape index (κ3) is 4.15. The predicted octanol–water partition coefficient (Wildman–Crippen LogP) is -0.583. The molecular formula is C12H22N2O4S. The zero-order chi connectivity index (χ0) is 13.9. The number of aliphatic carboxylic acids is 1. The van der Waals surface area contributed by atoms with Crippen LogP contribution in [0.4, 0.5) is 0 Å². The summed E-state index contributed by atoms with van der Waals surface area (Å²) in [5.41, 5.74) is 0. The van der Waals surface area contributed by atoms with Crippen molar-refractivity contribution < 1.29 is 18.3 Å². The van der Waals surface area contributed by atoms with Gasteiger partial charge in [-0.3, -0.25) is 9.69 Å². The Morgan fingerprint density at radius 2 is 1.84 bits per heavy atom. The standard InChI is InChI=1S/C12H22N2O4S/c15-12(16)11(9-14-5-3-13-4-6-14)10-1-7-19(17,18)8-2-10/h10-11,13H,1-9H2,(H,15,16). The maximum atomic E-state index is 11.4. The number of nitrogens with one attached hydrogen (secondary N) is 1. The number of carboxylic acid groups (broad SMARTS) is 1. The van der Waals surface area contributed by atoms with Crippen LogP contribution in [0, 0.1) is 11.8 Å². The molecule has 0 saturated carbocycles. The van der Waals surface area contributed by atoms with Crippen molar-refractivity contribution in [3.8, 4) is 0 Å². The Morgan fingerprint density at radius 3 is 2.37 bits per heavy atom. The highest BCUT2D eigenvalue weighted by atomic mass is 32.2. The van der Waals surface area contributed by atoms with Crippen LogP contribution < -0.4 is 5.32 Å². The third-order valence-electron chi connectivity index (χ3n) is 4.15. The van der Waals surface area contributed by atoms with Gasteiger partial charge in [-0.25, -0.2) is 8.42 Å². The van der Waals surface area contributed by atoms with Gasteiger partial charge in [-0.1, -0.05) is 0 Å². The molecule has 0 aliphatic carbocycles. The minimum atomic E-state index is -2.92. The van der Waals surface area contributed by atoms with Crippen LogP contribution in [0.2, 0.25) is 0 Å². The van der Waals surface area contributed by atoms with Crippen molar-refractivity contribution in [1.29, 1.82) is 0 Å². The molecule has 1 atom stereocenters. The number of rotatable bonds is 4. The first kappa shape index (κ1) is 14.7. The van der Waals surface area contributed by atoms with E-state index in [9.17, 15) is 18.3 Å². The first-order chi connectivity index (χ1) is 8.98. The Bertz CT molecular complexity index is 403. The van der Waals surface area contributed by atoms with Crippen LogP contribution in [0.15, 0.2) is 0 Å². The molecule has 2 saturated heterocycles. The topological polar surface area (TPSA) is 86.7 Å². The van der Waals surface area contributed by atoms with Gasteiger partial charge in [0, 0.05) is 32.7 Å². The van der Waals surface area contributed by atoms with Crippen molar-refractivity contribution in [2.45, 2.75) is 12.8 Å². The summed E-state index contributed by atoms with van der Waals surface area (Å²) >= 11 is 0. The molecule has 0 aromatic rings. The number of carboxylic acids is 1. The molecule has 0 aromatic heterocycles. The number of piperazine rings is 1. The zero-order valence-electron chi connectivity index (χ0n) is 11.0. The average molecular weight is 290 g/mol. The van der Waals surface area contributed by atoms with Gasteiger partial charge < -0.3 is 10.4 Å². The van der Waals surface area contributed by atoms with Gasteiger partial charge in [0.05, 0.1) is 17.4 Å². The molecule has 19 heavy (non-hydrogen) atoms. The second-order valence-corrected chi connectivity index (χ2v) is 7.79. The zero-order valence-corrected chi connectivity index (χ0v) is 11.9. The molecule has 7 heteroatoms. The lowest BCUT2D eigenvalue weighted by molar-refractivity contribution is -0.144. The summed E-state index contributed by atoms with van der Waals surface area (Å²) in [4.78, 5) is 13.6. The van der Waals surface area contributed by atoms with E-state index < -0.39 is 21.7 Å². The van der Waals surface area contributed by atoms with Gasteiger partial charge in [-0.15, -0.1) is 0 Å². The molecule has 0 spiro atoms. The van der Waals surface area contributed by atoms with Crippen LogP contribution in [0.25, 0.3) is 0 Å². The van der Waals surface area contributed by atoms with E-state index in [4.69, 9.17) is 0 Å². The van der Waals surface area contributed by atoms with Crippen LogP contribution >= 0.6 is 0 Å². The molecule has 2 aliphatic rings. The highest BCUT2D eigenvalue weighted by Gasteiger charge is 2.34. The summed E-state index contributed by atoms with van der Waals surface area (Å²) in [5.74, 6) is -0.946. The minimum Gasteiger partial charge on any atom is -0.481 e. The Morgan fingerprint density at radius 1 is 1.26 bits per heavy atom. The molecule has 0 aromatic carbocycles. The SMILES string of the molecule is O=C(O)C(CN1CCNCC1)C1CCS(=O)(=O)CC1. The van der Waals surface area contributed by atoms with Gasteiger partial charge in [0.25, 0.3) is 0 Å². The first-order valence-electron chi connectivity index (χ1n) is 6.84. The lowest BCUT2D eigenvalue weighted by atomic mass is 9.87. The molecule has 2 heterocycles. The highest BCUT2D eigenvalue weighted by Crippen LogP contribution is 2.27. The molecule has 6 nitrogen and oxygen atoms in total. The summed E-state index contributed by atoms with van der Waals surface area (Å²) in [7, 11) is -2.92. The molecule has 1 unspecified atom stereocenters. The monoisotopic (exact) mass is 290 g/mol. The Labute approximate surface area is 114 Å². The normalized spacial score (nSPS) is 26.9. The molecule has 0 radical (unpaired) electrons. The van der Waals surface area contributed by atoms with Crippen molar-refractivity contribution >= 4 is 15.8 Å². The highest BCUT2D eigenvalue weighted by molar-refractivity contribution is 7.91. The number of hydrogen-bond donors (Lipinski definition) is 2. The van der Waals surface area contributed by atoms with E-state index in [2.05, 4.69) is 10.2 Å². The number of carbonyl (C=O) groups is 1. The first-order valence-corrected chi connectivity index (χ1v) is 8.66. The van der Waals surface area contributed by atoms with Crippen LogP contribution in [0.3, 0.4) is 0 Å². The Hall–Kier alpha value is -0.660. The van der Waals surface area contributed by atoms with Crippen molar-refractivity contribution in [2.75, 3.05) is 44.2 Å². The van der Waals surface area contributed by atoms with Crippen LogP contribution in [-0.2, 0) is 14.6 Å². The second-order valence-electron chi connectivity index (χ2n) is 5.48. The fraction of sp³-hybridized carbons (Fsp3) is 0.917. The molecule has 2 N–H and O–H groups in total. The summed E-state index contributed by atoms with van der Waals surface area (Å²) in [6.07, 6.45) is 0.983. The van der Waals surface area contributed by atoms with E-state index in [0.29, 0.717) is 19.4 Å². The van der Waals surface area contributed by atoms with Crippen molar-refractivity contribution in [2.24, 2.45) is 11.8 Å². The Balaban J connectivity index is 1.94. The quantitative estimate of drug-likeness (QED) is 0.720. The number of hydrogen-bond acceptors (Lipinski definition) is 5. The van der Waals surface area contributed by atoms with Crippen LogP contribution in [0.1, 0.15) is 12.8 Å². The van der Waals surface area contributed by atoms with E-state index in [1.807, 2.05) is 0 Å². The number of sulfone groups is 1. The summed E-state index contributed by atoms with van der Waals surface area (Å²) in [6.45, 7) is 4.07. The van der Waals surface area contributed by atoms with E-state index in [1.165, 1.54) is 0 Å². The van der Waals surface area contributed by atoms with Gasteiger partial charge >= 0.3 is 5.97 Å². The largest absolute Gasteiger partial charge is 0.481 e. The maximum absolute atomic E-state index is 11.4. The van der Waals surface area contributed by atoms with E-state index in [-0.39, 0.29) is 17.4 Å². The van der Waals surface area contributed by atoms with Crippen molar-refractivity contribution in [3.63, 3.8) is 0 Å². The van der Waals surface area contributed by atoms with Crippen molar-refractivity contribution in [1.82, 2.24) is 10.2 Å². The lowest BCUT2D eigenvalue weighted by Crippen LogP contribution is -2.48. The summed E-state index contributed by atoms with van der Waals surface area (Å²) in [6, 6.07) is 0.